The Hall–Kier alpha value is -3.10. The molecule has 1 atom stereocenters. The van der Waals surface area contributed by atoms with Gasteiger partial charge in [0.15, 0.2) is 10.7 Å². The number of esters is 1. The molecule has 1 saturated heterocycles. The van der Waals surface area contributed by atoms with Crippen molar-refractivity contribution in [1.82, 2.24) is 4.57 Å². The Bertz CT molecular complexity index is 1460. The van der Waals surface area contributed by atoms with Crippen LogP contribution in [0.15, 0.2) is 61.9 Å². The first-order valence-electron chi connectivity index (χ1n) is 11.8. The minimum atomic E-state index is -0.662. The normalized spacial score (nSPS) is 18.4. The number of halogens is 1. The van der Waals surface area contributed by atoms with E-state index in [1.807, 2.05) is 24.3 Å². The van der Waals surface area contributed by atoms with Crippen molar-refractivity contribution in [1.29, 1.82) is 0 Å². The quantitative estimate of drug-likeness (QED) is 0.483. The summed E-state index contributed by atoms with van der Waals surface area (Å²) in [6, 6.07) is 10.3. The number of rotatable bonds is 5. The molecule has 7 nitrogen and oxygen atoms in total. The largest absolute Gasteiger partial charge is 0.463 e. The number of fused-ring (bicyclic) bond motifs is 1. The van der Waals surface area contributed by atoms with Crippen LogP contribution in [0, 0.1) is 0 Å². The second kappa shape index (κ2) is 9.87. The predicted octanol–water partition coefficient (Wildman–Crippen LogP) is 4.04. The second-order valence-corrected chi connectivity index (χ2v) is 10.0. The molecule has 2 aliphatic heterocycles. The van der Waals surface area contributed by atoms with E-state index in [1.165, 1.54) is 17.8 Å². The number of anilines is 1. The van der Waals surface area contributed by atoms with E-state index in [0.29, 0.717) is 31.4 Å². The van der Waals surface area contributed by atoms with Gasteiger partial charge in [0.25, 0.3) is 5.56 Å². The molecule has 1 aromatic carbocycles. The molecule has 3 aromatic rings. The summed E-state index contributed by atoms with van der Waals surface area (Å²) in [5, 5.41) is 0.571. The molecule has 0 N–H and O–H groups in total. The van der Waals surface area contributed by atoms with Crippen molar-refractivity contribution in [2.45, 2.75) is 39.2 Å². The van der Waals surface area contributed by atoms with Gasteiger partial charge in [-0.3, -0.25) is 9.36 Å². The monoisotopic (exact) mass is 511 g/mol. The summed E-state index contributed by atoms with van der Waals surface area (Å²) in [6.07, 6.45) is 5.30. The minimum absolute atomic E-state index is 0.227. The van der Waals surface area contributed by atoms with E-state index in [1.54, 1.807) is 36.6 Å². The number of carbonyl (C=O) groups excluding carboxylic acids is 1. The van der Waals surface area contributed by atoms with Gasteiger partial charge >= 0.3 is 5.97 Å². The lowest BCUT2D eigenvalue weighted by molar-refractivity contribution is -0.139. The minimum Gasteiger partial charge on any atom is -0.463 e. The van der Waals surface area contributed by atoms with Crippen LogP contribution in [0.5, 0.6) is 0 Å². The summed E-state index contributed by atoms with van der Waals surface area (Å²) in [7, 11) is 0. The number of nitrogens with zero attached hydrogens (tertiary/aromatic N) is 3. The highest BCUT2D eigenvalue weighted by Crippen LogP contribution is 2.31. The molecule has 0 radical (unpaired) electrons. The number of hydrogen-bond donors (Lipinski definition) is 0. The molecule has 0 aliphatic carbocycles. The number of piperidine rings is 1. The van der Waals surface area contributed by atoms with E-state index in [0.717, 1.165) is 37.4 Å². The number of hydrogen-bond acceptors (Lipinski definition) is 7. The van der Waals surface area contributed by atoms with Crippen LogP contribution < -0.4 is 19.8 Å². The third-order valence-corrected chi connectivity index (χ3v) is 7.49. The highest BCUT2D eigenvalue weighted by atomic mass is 35.5. The lowest BCUT2D eigenvalue weighted by Crippen LogP contribution is -2.39. The maximum atomic E-state index is 13.6. The van der Waals surface area contributed by atoms with Crippen molar-refractivity contribution >= 4 is 40.9 Å². The van der Waals surface area contributed by atoms with Gasteiger partial charge < -0.3 is 14.1 Å². The molecule has 35 heavy (non-hydrogen) atoms. The van der Waals surface area contributed by atoms with Crippen LogP contribution in [0.25, 0.3) is 6.08 Å². The average molecular weight is 512 g/mol. The van der Waals surface area contributed by atoms with Crippen molar-refractivity contribution < 1.29 is 13.9 Å². The molecule has 9 heteroatoms. The first kappa shape index (κ1) is 23.6. The Kier molecular flexibility index (Phi) is 6.67. The molecule has 1 fully saturated rings. The van der Waals surface area contributed by atoms with E-state index in [-0.39, 0.29) is 12.2 Å². The summed E-state index contributed by atoms with van der Waals surface area (Å²) in [6.45, 7) is 5.70. The number of furan rings is 1. The molecule has 2 aliphatic rings. The summed E-state index contributed by atoms with van der Waals surface area (Å²) < 4.78 is 13.4. The molecular weight excluding hydrogens is 486 g/mol. The lowest BCUT2D eigenvalue weighted by atomic mass is 9.96. The first-order chi connectivity index (χ1) is 17.0. The smallest absolute Gasteiger partial charge is 0.338 e. The number of benzene rings is 1. The van der Waals surface area contributed by atoms with Crippen LogP contribution in [-0.4, -0.2) is 30.2 Å². The zero-order chi connectivity index (χ0) is 24.5. The van der Waals surface area contributed by atoms with Gasteiger partial charge in [-0.05, 0) is 56.9 Å². The molecule has 1 unspecified atom stereocenters. The Labute approximate surface area is 211 Å². The molecule has 4 heterocycles. The summed E-state index contributed by atoms with van der Waals surface area (Å²) in [5.41, 5.74) is 1.39. The number of aromatic nitrogens is 1. The van der Waals surface area contributed by atoms with Gasteiger partial charge in [-0.15, -0.1) is 0 Å². The summed E-state index contributed by atoms with van der Waals surface area (Å²) in [4.78, 5) is 33.9. The van der Waals surface area contributed by atoms with Gasteiger partial charge in [0.05, 0.1) is 28.5 Å². The number of thiazole rings is 1. The molecule has 0 saturated carbocycles. The van der Waals surface area contributed by atoms with E-state index < -0.39 is 12.0 Å². The topological polar surface area (TPSA) is 77.0 Å². The third-order valence-electron chi connectivity index (χ3n) is 6.26. The van der Waals surface area contributed by atoms with Gasteiger partial charge in [-0.1, -0.05) is 35.1 Å². The Morgan fingerprint density at radius 2 is 1.94 bits per heavy atom. The van der Waals surface area contributed by atoms with E-state index in [9.17, 15) is 9.59 Å². The highest BCUT2D eigenvalue weighted by Gasteiger charge is 2.33. The fourth-order valence-electron chi connectivity index (χ4n) is 4.59. The highest BCUT2D eigenvalue weighted by molar-refractivity contribution is 7.07. The predicted molar refractivity (Wildman–Crippen MR) is 137 cm³/mol. The fraction of sp³-hybridized carbons (Fsp3) is 0.346. The molecule has 0 bridgehead atoms. The van der Waals surface area contributed by atoms with Crippen LogP contribution in [0.2, 0.25) is 5.02 Å². The van der Waals surface area contributed by atoms with E-state index in [4.69, 9.17) is 20.8 Å². The first-order valence-corrected chi connectivity index (χ1v) is 13.0. The standard InChI is InChI=1S/C26H26ClN3O4S/c1-3-33-25(32)22-16(2)28-26-30(23(22)17-7-9-18(27)10-8-17)24(31)20(35-26)15-19-11-12-21(34-19)29-13-5-4-6-14-29/h7-12,15,23H,3-6,13-14H2,1-2H3/b20-15+. The van der Waals surface area contributed by atoms with Crippen LogP contribution in [0.4, 0.5) is 5.88 Å². The Morgan fingerprint density at radius 1 is 1.20 bits per heavy atom. The number of carbonyl (C=O) groups is 1. The maximum absolute atomic E-state index is 13.6. The zero-order valence-electron chi connectivity index (χ0n) is 19.6. The fourth-order valence-corrected chi connectivity index (χ4v) is 5.74. The van der Waals surface area contributed by atoms with Crippen LogP contribution in [0.3, 0.4) is 0 Å². The molecule has 5 rings (SSSR count). The molecule has 2 aromatic heterocycles. The SMILES string of the molecule is CCOC(=O)C1=C(C)N=c2s/c(=C/c3ccc(N4CCCCC4)o3)c(=O)n2C1c1ccc(Cl)cc1. The summed E-state index contributed by atoms with van der Waals surface area (Å²) >= 11 is 7.38. The molecule has 0 amide bonds. The lowest BCUT2D eigenvalue weighted by Gasteiger charge is -2.25. The third kappa shape index (κ3) is 4.60. The van der Waals surface area contributed by atoms with Crippen molar-refractivity contribution in [2.24, 2.45) is 4.99 Å². The Balaban J connectivity index is 1.60. The van der Waals surface area contributed by atoms with Gasteiger partial charge in [-0.25, -0.2) is 9.79 Å². The van der Waals surface area contributed by atoms with Crippen molar-refractivity contribution in [2.75, 3.05) is 24.6 Å². The Morgan fingerprint density at radius 3 is 2.66 bits per heavy atom. The van der Waals surface area contributed by atoms with Crippen LogP contribution >= 0.6 is 22.9 Å². The second-order valence-electron chi connectivity index (χ2n) is 8.58. The zero-order valence-corrected chi connectivity index (χ0v) is 21.2. The van der Waals surface area contributed by atoms with E-state index >= 15 is 0 Å². The van der Waals surface area contributed by atoms with Gasteiger partial charge in [0.1, 0.15) is 5.76 Å². The maximum Gasteiger partial charge on any atom is 0.338 e. The molecule has 182 valence electrons. The van der Waals surface area contributed by atoms with E-state index in [2.05, 4.69) is 9.89 Å². The molecular formula is C26H26ClN3O4S. The average Bonchev–Trinajstić information content (AvgIpc) is 3.44. The van der Waals surface area contributed by atoms with Crippen LogP contribution in [0.1, 0.15) is 50.5 Å². The van der Waals surface area contributed by atoms with Gasteiger partial charge in [0.2, 0.25) is 0 Å². The van der Waals surface area contributed by atoms with Crippen molar-refractivity contribution in [3.05, 3.63) is 83.7 Å². The van der Waals surface area contributed by atoms with Gasteiger partial charge in [0, 0.05) is 30.3 Å². The number of allylic oxidation sites excluding steroid dienone is 1. The number of ether oxygens (including phenoxy) is 1. The van der Waals surface area contributed by atoms with Crippen molar-refractivity contribution in [3.63, 3.8) is 0 Å². The molecule has 0 spiro atoms. The van der Waals surface area contributed by atoms with Crippen molar-refractivity contribution in [3.8, 4) is 0 Å². The van der Waals surface area contributed by atoms with Gasteiger partial charge in [-0.2, -0.15) is 0 Å². The summed E-state index contributed by atoms with van der Waals surface area (Å²) in [5.74, 6) is 0.948. The van der Waals surface area contributed by atoms with Crippen LogP contribution in [-0.2, 0) is 9.53 Å².